The number of hydrogen-bond acceptors (Lipinski definition) is 3. The number of nitrogens with zero attached hydrogens (tertiary/aromatic N) is 4. The van der Waals surface area contributed by atoms with Crippen LogP contribution in [0.5, 0.6) is 0 Å². The Hall–Kier alpha value is -1.64. The van der Waals surface area contributed by atoms with Gasteiger partial charge in [-0.1, -0.05) is 31.9 Å². The van der Waals surface area contributed by atoms with Gasteiger partial charge < -0.3 is 10.6 Å². The SMILES string of the molecule is CCCCCNC(=NCc1ccc(-n2cncn2)cc1)NCC.I. The van der Waals surface area contributed by atoms with Crippen molar-refractivity contribution in [1.82, 2.24) is 25.4 Å². The number of guanidine groups is 1. The lowest BCUT2D eigenvalue weighted by Gasteiger charge is -2.11. The Kier molecular flexibility index (Phi) is 10.1. The van der Waals surface area contributed by atoms with Crippen molar-refractivity contribution in [2.45, 2.75) is 39.7 Å². The van der Waals surface area contributed by atoms with Crippen molar-refractivity contribution in [3.8, 4) is 5.69 Å². The van der Waals surface area contributed by atoms with Crippen molar-refractivity contribution in [1.29, 1.82) is 0 Å². The Morgan fingerprint density at radius 1 is 1.12 bits per heavy atom. The van der Waals surface area contributed by atoms with Gasteiger partial charge in [-0.25, -0.2) is 14.7 Å². The van der Waals surface area contributed by atoms with Gasteiger partial charge in [-0.05, 0) is 31.0 Å². The molecule has 0 amide bonds. The van der Waals surface area contributed by atoms with E-state index < -0.39 is 0 Å². The molecule has 1 aromatic carbocycles. The van der Waals surface area contributed by atoms with E-state index in [1.807, 2.05) is 12.1 Å². The highest BCUT2D eigenvalue weighted by molar-refractivity contribution is 14.0. The predicted octanol–water partition coefficient (Wildman–Crippen LogP) is 3.13. The Morgan fingerprint density at radius 3 is 2.54 bits per heavy atom. The maximum atomic E-state index is 4.63. The fraction of sp³-hybridized carbons (Fsp3) is 0.471. The van der Waals surface area contributed by atoms with Crippen LogP contribution in [0.3, 0.4) is 0 Å². The molecule has 2 N–H and O–H groups in total. The first-order chi connectivity index (χ1) is 11.3. The summed E-state index contributed by atoms with van der Waals surface area (Å²) >= 11 is 0. The van der Waals surface area contributed by atoms with Crippen LogP contribution in [0.25, 0.3) is 5.69 Å². The number of halogens is 1. The molecule has 2 aromatic rings. The summed E-state index contributed by atoms with van der Waals surface area (Å²) in [6.45, 7) is 6.77. The lowest BCUT2D eigenvalue weighted by molar-refractivity contribution is 0.683. The highest BCUT2D eigenvalue weighted by atomic mass is 127. The fourth-order valence-electron chi connectivity index (χ4n) is 2.19. The number of aromatic nitrogens is 3. The van der Waals surface area contributed by atoms with Crippen molar-refractivity contribution < 1.29 is 0 Å². The zero-order valence-electron chi connectivity index (χ0n) is 14.4. The molecule has 0 atom stereocenters. The molecule has 2 rings (SSSR count). The van der Waals surface area contributed by atoms with Gasteiger partial charge >= 0.3 is 0 Å². The number of benzene rings is 1. The standard InChI is InChI=1S/C17H26N6.HI/c1-3-5-6-11-20-17(19-4-2)21-12-15-7-9-16(10-8-15)23-14-18-13-22-23;/h7-10,13-14H,3-6,11-12H2,1-2H3,(H2,19,20,21);1H. The van der Waals surface area contributed by atoms with Crippen LogP contribution in [-0.2, 0) is 6.54 Å². The van der Waals surface area contributed by atoms with E-state index in [0.29, 0.717) is 6.54 Å². The van der Waals surface area contributed by atoms with Crippen LogP contribution in [0.2, 0.25) is 0 Å². The zero-order valence-corrected chi connectivity index (χ0v) is 16.7. The van der Waals surface area contributed by atoms with Gasteiger partial charge in [0.15, 0.2) is 5.96 Å². The number of nitrogens with one attached hydrogen (secondary N) is 2. The summed E-state index contributed by atoms with van der Waals surface area (Å²) in [7, 11) is 0. The number of rotatable bonds is 8. The molecule has 0 saturated heterocycles. The average molecular weight is 442 g/mol. The van der Waals surface area contributed by atoms with E-state index in [9.17, 15) is 0 Å². The molecule has 0 aliphatic rings. The van der Waals surface area contributed by atoms with Crippen LogP contribution in [-0.4, -0.2) is 33.8 Å². The van der Waals surface area contributed by atoms with Crippen LogP contribution >= 0.6 is 24.0 Å². The van der Waals surface area contributed by atoms with Gasteiger partial charge in [0.2, 0.25) is 0 Å². The largest absolute Gasteiger partial charge is 0.357 e. The van der Waals surface area contributed by atoms with E-state index in [2.05, 4.69) is 51.7 Å². The molecule has 0 aliphatic carbocycles. The Labute approximate surface area is 161 Å². The summed E-state index contributed by atoms with van der Waals surface area (Å²) in [6.07, 6.45) is 6.87. The smallest absolute Gasteiger partial charge is 0.191 e. The van der Waals surface area contributed by atoms with Crippen LogP contribution in [0, 0.1) is 0 Å². The first kappa shape index (κ1) is 20.4. The quantitative estimate of drug-likeness (QED) is 0.285. The second-order valence-corrected chi connectivity index (χ2v) is 5.34. The monoisotopic (exact) mass is 442 g/mol. The minimum atomic E-state index is 0. The topological polar surface area (TPSA) is 67.1 Å². The molecule has 0 bridgehead atoms. The molecule has 1 aromatic heterocycles. The maximum Gasteiger partial charge on any atom is 0.191 e. The molecular formula is C17H27IN6. The average Bonchev–Trinajstić information content (AvgIpc) is 3.11. The predicted molar refractivity (Wildman–Crippen MR) is 109 cm³/mol. The lowest BCUT2D eigenvalue weighted by Crippen LogP contribution is -2.37. The van der Waals surface area contributed by atoms with E-state index in [-0.39, 0.29) is 24.0 Å². The summed E-state index contributed by atoms with van der Waals surface area (Å²) in [6, 6.07) is 8.20. The van der Waals surface area contributed by atoms with E-state index in [1.165, 1.54) is 31.2 Å². The van der Waals surface area contributed by atoms with Crippen molar-refractivity contribution in [3.05, 3.63) is 42.5 Å². The van der Waals surface area contributed by atoms with Crippen LogP contribution in [0.1, 0.15) is 38.7 Å². The Bertz CT molecular complexity index is 580. The van der Waals surface area contributed by atoms with Gasteiger partial charge in [-0.3, -0.25) is 0 Å². The van der Waals surface area contributed by atoms with Crippen molar-refractivity contribution in [2.75, 3.05) is 13.1 Å². The minimum absolute atomic E-state index is 0. The second-order valence-electron chi connectivity index (χ2n) is 5.34. The molecule has 132 valence electrons. The number of aliphatic imine (C=N–C) groups is 1. The Morgan fingerprint density at radius 2 is 1.92 bits per heavy atom. The highest BCUT2D eigenvalue weighted by Gasteiger charge is 1.99. The van der Waals surface area contributed by atoms with Gasteiger partial charge in [0.1, 0.15) is 12.7 Å². The van der Waals surface area contributed by atoms with Crippen LogP contribution in [0.15, 0.2) is 41.9 Å². The summed E-state index contributed by atoms with van der Waals surface area (Å²) in [4.78, 5) is 8.59. The first-order valence-electron chi connectivity index (χ1n) is 8.29. The molecule has 0 aliphatic heterocycles. The minimum Gasteiger partial charge on any atom is -0.357 e. The second kappa shape index (κ2) is 11.8. The van der Waals surface area contributed by atoms with E-state index in [4.69, 9.17) is 0 Å². The van der Waals surface area contributed by atoms with Crippen LogP contribution in [0.4, 0.5) is 0 Å². The summed E-state index contributed by atoms with van der Waals surface area (Å²) < 4.78 is 1.74. The number of hydrogen-bond donors (Lipinski definition) is 2. The molecular weight excluding hydrogens is 415 g/mol. The maximum absolute atomic E-state index is 4.63. The third-order valence-corrected chi connectivity index (χ3v) is 3.46. The van der Waals surface area contributed by atoms with E-state index in [1.54, 1.807) is 11.0 Å². The third-order valence-electron chi connectivity index (χ3n) is 3.46. The molecule has 0 saturated carbocycles. The zero-order chi connectivity index (χ0) is 16.3. The summed E-state index contributed by atoms with van der Waals surface area (Å²) in [5.74, 6) is 0.879. The summed E-state index contributed by atoms with van der Waals surface area (Å²) in [5.41, 5.74) is 2.17. The lowest BCUT2D eigenvalue weighted by atomic mass is 10.2. The van der Waals surface area contributed by atoms with Gasteiger partial charge in [-0.2, -0.15) is 5.10 Å². The third kappa shape index (κ3) is 6.86. The normalized spacial score (nSPS) is 11.0. The van der Waals surface area contributed by atoms with Gasteiger partial charge in [0.05, 0.1) is 12.2 Å². The summed E-state index contributed by atoms with van der Waals surface area (Å²) in [5, 5.41) is 10.8. The van der Waals surface area contributed by atoms with E-state index in [0.717, 1.165) is 24.7 Å². The van der Waals surface area contributed by atoms with Gasteiger partial charge in [-0.15, -0.1) is 24.0 Å². The van der Waals surface area contributed by atoms with Crippen molar-refractivity contribution >= 4 is 29.9 Å². The van der Waals surface area contributed by atoms with Gasteiger partial charge in [0.25, 0.3) is 0 Å². The highest BCUT2D eigenvalue weighted by Crippen LogP contribution is 2.08. The van der Waals surface area contributed by atoms with E-state index >= 15 is 0 Å². The molecule has 0 spiro atoms. The molecule has 24 heavy (non-hydrogen) atoms. The molecule has 0 unspecified atom stereocenters. The fourth-order valence-corrected chi connectivity index (χ4v) is 2.19. The number of unbranched alkanes of at least 4 members (excludes halogenated alkanes) is 2. The Balaban J connectivity index is 0.00000288. The van der Waals surface area contributed by atoms with Crippen molar-refractivity contribution in [2.24, 2.45) is 4.99 Å². The molecule has 1 heterocycles. The van der Waals surface area contributed by atoms with Gasteiger partial charge in [0, 0.05) is 13.1 Å². The molecule has 6 nitrogen and oxygen atoms in total. The first-order valence-corrected chi connectivity index (χ1v) is 8.29. The molecule has 7 heteroatoms. The van der Waals surface area contributed by atoms with Crippen molar-refractivity contribution in [3.63, 3.8) is 0 Å². The van der Waals surface area contributed by atoms with Crippen LogP contribution < -0.4 is 10.6 Å². The molecule has 0 radical (unpaired) electrons. The molecule has 0 fully saturated rings.